The van der Waals surface area contributed by atoms with Gasteiger partial charge in [-0.25, -0.2) is 0 Å². The van der Waals surface area contributed by atoms with Crippen molar-refractivity contribution in [3.63, 3.8) is 0 Å². The lowest BCUT2D eigenvalue weighted by molar-refractivity contribution is 0.337. The molecule has 1 unspecified atom stereocenters. The van der Waals surface area contributed by atoms with Crippen molar-refractivity contribution in [3.8, 4) is 0 Å². The van der Waals surface area contributed by atoms with Crippen LogP contribution >= 0.6 is 11.3 Å². The third-order valence-corrected chi connectivity index (χ3v) is 4.36. The van der Waals surface area contributed by atoms with Crippen molar-refractivity contribution in [2.45, 2.75) is 33.2 Å². The van der Waals surface area contributed by atoms with Crippen molar-refractivity contribution in [3.05, 3.63) is 40.4 Å². The van der Waals surface area contributed by atoms with Gasteiger partial charge in [0, 0.05) is 0 Å². The Morgan fingerprint density at radius 2 is 2.06 bits per heavy atom. The summed E-state index contributed by atoms with van der Waals surface area (Å²) in [5.41, 5.74) is 3.06. The molecule has 1 N–H and O–H groups in total. The van der Waals surface area contributed by atoms with Gasteiger partial charge in [-0.05, 0) is 29.9 Å². The predicted octanol–water partition coefficient (Wildman–Crippen LogP) is 3.58. The van der Waals surface area contributed by atoms with Crippen molar-refractivity contribution in [2.24, 2.45) is 5.41 Å². The van der Waals surface area contributed by atoms with Gasteiger partial charge in [0.15, 0.2) is 0 Å². The van der Waals surface area contributed by atoms with Crippen molar-refractivity contribution in [1.29, 1.82) is 0 Å². The Labute approximate surface area is 111 Å². The maximum Gasteiger partial charge on any atom is 0.206 e. The minimum Gasteiger partial charge on any atom is -0.353 e. The summed E-state index contributed by atoms with van der Waals surface area (Å²) in [7, 11) is 0. The average Bonchev–Trinajstić information content (AvgIpc) is 2.82. The van der Waals surface area contributed by atoms with Crippen LogP contribution in [0, 0.1) is 12.3 Å². The quantitative estimate of drug-likeness (QED) is 0.895. The van der Waals surface area contributed by atoms with Crippen molar-refractivity contribution in [2.75, 3.05) is 5.32 Å². The van der Waals surface area contributed by atoms with E-state index in [2.05, 4.69) is 53.6 Å². The SMILES string of the molecule is Cc1nnc(NC2c3ccccc3CC2(C)C)s1. The second-order valence-electron chi connectivity index (χ2n) is 5.57. The highest BCUT2D eigenvalue weighted by molar-refractivity contribution is 7.15. The molecular formula is C14H17N3S. The zero-order chi connectivity index (χ0) is 12.8. The summed E-state index contributed by atoms with van der Waals surface area (Å²) in [6, 6.07) is 8.99. The minimum atomic E-state index is 0.212. The maximum absolute atomic E-state index is 4.18. The third-order valence-electron chi connectivity index (χ3n) is 3.59. The number of rotatable bonds is 2. The van der Waals surface area contributed by atoms with Crippen molar-refractivity contribution in [1.82, 2.24) is 10.2 Å². The molecule has 1 aromatic carbocycles. The summed E-state index contributed by atoms with van der Waals surface area (Å²) in [4.78, 5) is 0. The van der Waals surface area contributed by atoms with Crippen LogP contribution in [0.2, 0.25) is 0 Å². The first-order chi connectivity index (χ1) is 8.56. The molecule has 94 valence electrons. The largest absolute Gasteiger partial charge is 0.353 e. The topological polar surface area (TPSA) is 37.8 Å². The van der Waals surface area contributed by atoms with Gasteiger partial charge >= 0.3 is 0 Å². The van der Waals surface area contributed by atoms with E-state index in [1.807, 2.05) is 6.92 Å². The van der Waals surface area contributed by atoms with E-state index < -0.39 is 0 Å². The van der Waals surface area contributed by atoms with E-state index in [9.17, 15) is 0 Å². The molecule has 3 rings (SSSR count). The normalized spacial score (nSPS) is 20.7. The van der Waals surface area contributed by atoms with Crippen LogP contribution in [0.15, 0.2) is 24.3 Å². The molecule has 1 atom stereocenters. The van der Waals surface area contributed by atoms with Crippen LogP contribution < -0.4 is 5.32 Å². The van der Waals surface area contributed by atoms with E-state index in [1.165, 1.54) is 11.1 Å². The smallest absolute Gasteiger partial charge is 0.206 e. The summed E-state index contributed by atoms with van der Waals surface area (Å²) in [5.74, 6) is 0. The molecule has 4 heteroatoms. The van der Waals surface area contributed by atoms with Crippen LogP contribution in [0.5, 0.6) is 0 Å². The number of hydrogen-bond donors (Lipinski definition) is 1. The van der Waals surface area contributed by atoms with Gasteiger partial charge in [0.1, 0.15) is 5.01 Å². The molecule has 18 heavy (non-hydrogen) atoms. The summed E-state index contributed by atoms with van der Waals surface area (Å²) >= 11 is 1.62. The van der Waals surface area contributed by atoms with E-state index in [0.29, 0.717) is 6.04 Å². The highest BCUT2D eigenvalue weighted by atomic mass is 32.1. The number of benzene rings is 1. The molecule has 1 aliphatic rings. The molecule has 0 saturated carbocycles. The van der Waals surface area contributed by atoms with Crippen LogP contribution in [0.25, 0.3) is 0 Å². The number of aromatic nitrogens is 2. The molecule has 0 fully saturated rings. The number of anilines is 1. The Bertz CT molecular complexity index is 574. The monoisotopic (exact) mass is 259 g/mol. The van der Waals surface area contributed by atoms with E-state index >= 15 is 0 Å². The van der Waals surface area contributed by atoms with Gasteiger partial charge in [0.05, 0.1) is 6.04 Å². The van der Waals surface area contributed by atoms with Crippen LogP contribution in [0.4, 0.5) is 5.13 Å². The number of aryl methyl sites for hydroxylation is 1. The van der Waals surface area contributed by atoms with Crippen molar-refractivity contribution < 1.29 is 0 Å². The lowest BCUT2D eigenvalue weighted by Gasteiger charge is -2.28. The molecule has 0 saturated heterocycles. The fraction of sp³-hybridized carbons (Fsp3) is 0.429. The van der Waals surface area contributed by atoms with Gasteiger partial charge in [-0.2, -0.15) is 0 Å². The van der Waals surface area contributed by atoms with E-state index in [-0.39, 0.29) is 5.41 Å². The second-order valence-corrected chi connectivity index (χ2v) is 6.75. The molecule has 0 radical (unpaired) electrons. The molecule has 1 heterocycles. The van der Waals surface area contributed by atoms with Crippen LogP contribution in [-0.2, 0) is 6.42 Å². The standard InChI is InChI=1S/C14H17N3S/c1-9-16-17-13(18-9)15-12-11-7-5-4-6-10(11)8-14(12,2)3/h4-7,12H,8H2,1-3H3,(H,15,17). The molecular weight excluding hydrogens is 242 g/mol. The first-order valence-electron chi connectivity index (χ1n) is 6.21. The summed E-state index contributed by atoms with van der Waals surface area (Å²) < 4.78 is 0. The number of nitrogens with one attached hydrogen (secondary N) is 1. The molecule has 0 aliphatic heterocycles. The minimum absolute atomic E-state index is 0.212. The lowest BCUT2D eigenvalue weighted by Crippen LogP contribution is -2.24. The van der Waals surface area contributed by atoms with Gasteiger partial charge in [-0.1, -0.05) is 49.4 Å². The van der Waals surface area contributed by atoms with E-state index in [1.54, 1.807) is 11.3 Å². The van der Waals surface area contributed by atoms with E-state index in [4.69, 9.17) is 0 Å². The summed E-state index contributed by atoms with van der Waals surface area (Å²) in [6.07, 6.45) is 1.11. The fourth-order valence-electron chi connectivity index (χ4n) is 2.74. The zero-order valence-corrected chi connectivity index (χ0v) is 11.7. The second kappa shape index (κ2) is 4.05. The predicted molar refractivity (Wildman–Crippen MR) is 74.9 cm³/mol. The van der Waals surface area contributed by atoms with Gasteiger partial charge < -0.3 is 5.32 Å². The average molecular weight is 259 g/mol. The number of hydrogen-bond acceptors (Lipinski definition) is 4. The highest BCUT2D eigenvalue weighted by Gasteiger charge is 2.39. The highest BCUT2D eigenvalue weighted by Crippen LogP contribution is 2.46. The van der Waals surface area contributed by atoms with Gasteiger partial charge in [-0.15, -0.1) is 10.2 Å². The van der Waals surface area contributed by atoms with Gasteiger partial charge in [-0.3, -0.25) is 0 Å². The molecule has 0 spiro atoms. The number of fused-ring (bicyclic) bond motifs is 1. The molecule has 3 nitrogen and oxygen atoms in total. The third kappa shape index (κ3) is 1.90. The van der Waals surface area contributed by atoms with Crippen LogP contribution in [0.1, 0.15) is 36.0 Å². The Kier molecular flexibility index (Phi) is 2.63. The molecule has 0 amide bonds. The summed E-state index contributed by atoms with van der Waals surface area (Å²) in [5, 5.41) is 13.7. The van der Waals surface area contributed by atoms with Gasteiger partial charge in [0.2, 0.25) is 5.13 Å². The maximum atomic E-state index is 4.18. The Hall–Kier alpha value is -1.42. The molecule has 1 aromatic heterocycles. The lowest BCUT2D eigenvalue weighted by atomic mass is 9.85. The van der Waals surface area contributed by atoms with E-state index in [0.717, 1.165) is 16.6 Å². The Morgan fingerprint density at radius 1 is 1.28 bits per heavy atom. The van der Waals surface area contributed by atoms with Crippen molar-refractivity contribution >= 4 is 16.5 Å². The first kappa shape index (κ1) is 11.7. The zero-order valence-electron chi connectivity index (χ0n) is 10.9. The fourth-order valence-corrected chi connectivity index (χ4v) is 3.36. The molecule has 2 aromatic rings. The summed E-state index contributed by atoms with van der Waals surface area (Å²) in [6.45, 7) is 6.59. The number of nitrogens with zero attached hydrogens (tertiary/aromatic N) is 2. The van der Waals surface area contributed by atoms with Gasteiger partial charge in [0.25, 0.3) is 0 Å². The Morgan fingerprint density at radius 3 is 2.78 bits per heavy atom. The molecule has 1 aliphatic carbocycles. The van der Waals surface area contributed by atoms with Crippen LogP contribution in [0.3, 0.4) is 0 Å². The molecule has 0 bridgehead atoms. The first-order valence-corrected chi connectivity index (χ1v) is 7.02. The van der Waals surface area contributed by atoms with Crippen LogP contribution in [-0.4, -0.2) is 10.2 Å². The Balaban J connectivity index is 1.95.